The quantitative estimate of drug-likeness (QED) is 0.591. The van der Waals surface area contributed by atoms with Gasteiger partial charge in [-0.2, -0.15) is 0 Å². The first-order valence-corrected chi connectivity index (χ1v) is 6.98. The lowest BCUT2D eigenvalue weighted by atomic mass is 9.88. The van der Waals surface area contributed by atoms with Crippen molar-refractivity contribution in [3.8, 4) is 0 Å². The smallest absolute Gasteiger partial charge is 0.0972 e. The summed E-state index contributed by atoms with van der Waals surface area (Å²) in [4.78, 5) is 6.99. The highest BCUT2D eigenvalue weighted by Crippen LogP contribution is 2.24. The van der Waals surface area contributed by atoms with Crippen molar-refractivity contribution in [3.05, 3.63) is 0 Å². The average molecular weight is 239 g/mol. The Kier molecular flexibility index (Phi) is 5.96. The fraction of sp³-hybridized carbons (Fsp3) is 0.929. The Balaban J connectivity index is 2.60. The van der Waals surface area contributed by atoms with Gasteiger partial charge in [-0.05, 0) is 32.9 Å². The Labute approximate surface area is 106 Å². The third-order valence-electron chi connectivity index (χ3n) is 3.66. The SMILES string of the molecule is CC(C)C(CN(C)C)N=C(N)C1CCCCC1. The van der Waals surface area contributed by atoms with Crippen LogP contribution in [0.25, 0.3) is 0 Å². The molecule has 1 fully saturated rings. The van der Waals surface area contributed by atoms with Gasteiger partial charge in [-0.25, -0.2) is 0 Å². The topological polar surface area (TPSA) is 41.6 Å². The second-order valence-corrected chi connectivity index (χ2v) is 5.96. The molecule has 100 valence electrons. The van der Waals surface area contributed by atoms with E-state index in [1.807, 2.05) is 0 Å². The van der Waals surface area contributed by atoms with Crippen LogP contribution < -0.4 is 5.73 Å². The minimum Gasteiger partial charge on any atom is -0.387 e. The maximum Gasteiger partial charge on any atom is 0.0972 e. The lowest BCUT2D eigenvalue weighted by Gasteiger charge is -2.25. The Morgan fingerprint density at radius 1 is 1.24 bits per heavy atom. The zero-order valence-corrected chi connectivity index (χ0v) is 11.9. The minimum atomic E-state index is 0.340. The largest absolute Gasteiger partial charge is 0.387 e. The number of nitrogens with zero attached hydrogens (tertiary/aromatic N) is 2. The van der Waals surface area contributed by atoms with Gasteiger partial charge in [0.25, 0.3) is 0 Å². The fourth-order valence-corrected chi connectivity index (χ4v) is 2.47. The molecule has 0 aromatic heterocycles. The van der Waals surface area contributed by atoms with E-state index in [1.165, 1.54) is 32.1 Å². The molecule has 1 saturated carbocycles. The molecule has 0 amide bonds. The lowest BCUT2D eigenvalue weighted by molar-refractivity contribution is 0.329. The summed E-state index contributed by atoms with van der Waals surface area (Å²) in [6.45, 7) is 5.45. The first-order chi connectivity index (χ1) is 8.00. The molecule has 0 spiro atoms. The highest BCUT2D eigenvalue weighted by atomic mass is 15.1. The molecule has 0 aromatic rings. The van der Waals surface area contributed by atoms with Crippen LogP contribution in [0.4, 0.5) is 0 Å². The third kappa shape index (κ3) is 5.07. The van der Waals surface area contributed by atoms with Crippen LogP contribution in [0, 0.1) is 11.8 Å². The second-order valence-electron chi connectivity index (χ2n) is 5.96. The third-order valence-corrected chi connectivity index (χ3v) is 3.66. The molecule has 0 bridgehead atoms. The molecule has 0 heterocycles. The van der Waals surface area contributed by atoms with Gasteiger partial charge in [0.1, 0.15) is 0 Å². The maximum absolute atomic E-state index is 6.19. The van der Waals surface area contributed by atoms with E-state index in [-0.39, 0.29) is 0 Å². The van der Waals surface area contributed by atoms with Crippen molar-refractivity contribution < 1.29 is 0 Å². The van der Waals surface area contributed by atoms with Gasteiger partial charge in [0.2, 0.25) is 0 Å². The first-order valence-electron chi connectivity index (χ1n) is 6.98. The van der Waals surface area contributed by atoms with Crippen LogP contribution in [-0.2, 0) is 0 Å². The normalized spacial score (nSPS) is 21.2. The fourth-order valence-electron chi connectivity index (χ4n) is 2.47. The van der Waals surface area contributed by atoms with Crippen LogP contribution in [0.3, 0.4) is 0 Å². The van der Waals surface area contributed by atoms with Crippen LogP contribution in [0.1, 0.15) is 46.0 Å². The van der Waals surface area contributed by atoms with Gasteiger partial charge in [-0.3, -0.25) is 4.99 Å². The highest BCUT2D eigenvalue weighted by molar-refractivity contribution is 5.83. The molecule has 17 heavy (non-hydrogen) atoms. The van der Waals surface area contributed by atoms with Crippen LogP contribution in [0.2, 0.25) is 0 Å². The van der Waals surface area contributed by atoms with Gasteiger partial charge in [-0.15, -0.1) is 0 Å². The van der Waals surface area contributed by atoms with E-state index in [9.17, 15) is 0 Å². The molecular formula is C14H29N3. The zero-order valence-electron chi connectivity index (χ0n) is 11.9. The molecule has 2 N–H and O–H groups in total. The van der Waals surface area contributed by atoms with E-state index >= 15 is 0 Å². The Morgan fingerprint density at radius 2 is 1.82 bits per heavy atom. The molecule has 0 saturated heterocycles. The number of amidine groups is 1. The molecule has 0 radical (unpaired) electrons. The molecule has 1 atom stereocenters. The van der Waals surface area contributed by atoms with E-state index in [1.54, 1.807) is 0 Å². The summed E-state index contributed by atoms with van der Waals surface area (Å²) in [5.41, 5.74) is 6.19. The van der Waals surface area contributed by atoms with Crippen molar-refractivity contribution in [1.29, 1.82) is 0 Å². The standard InChI is InChI=1S/C14H29N3/c1-11(2)13(10-17(3)4)16-14(15)12-8-6-5-7-9-12/h11-13H,5-10H2,1-4H3,(H2,15,16). The summed E-state index contributed by atoms with van der Waals surface area (Å²) in [6.07, 6.45) is 6.49. The summed E-state index contributed by atoms with van der Waals surface area (Å²) in [7, 11) is 4.20. The van der Waals surface area contributed by atoms with E-state index in [0.29, 0.717) is 17.9 Å². The van der Waals surface area contributed by atoms with E-state index in [2.05, 4.69) is 32.8 Å². The molecule has 1 aliphatic rings. The van der Waals surface area contributed by atoms with Gasteiger partial charge < -0.3 is 10.6 Å². The Hall–Kier alpha value is -0.570. The summed E-state index contributed by atoms with van der Waals surface area (Å²) >= 11 is 0. The number of nitrogens with two attached hydrogens (primary N) is 1. The van der Waals surface area contributed by atoms with Gasteiger partial charge in [0, 0.05) is 12.5 Å². The summed E-state index contributed by atoms with van der Waals surface area (Å²) < 4.78 is 0. The minimum absolute atomic E-state index is 0.340. The monoisotopic (exact) mass is 239 g/mol. The second kappa shape index (κ2) is 7.00. The number of likely N-dealkylation sites (N-methyl/N-ethyl adjacent to an activating group) is 1. The van der Waals surface area contributed by atoms with Crippen LogP contribution >= 0.6 is 0 Å². The molecule has 1 aliphatic carbocycles. The average Bonchev–Trinajstić information content (AvgIpc) is 2.28. The van der Waals surface area contributed by atoms with Crippen molar-refractivity contribution in [2.24, 2.45) is 22.6 Å². The van der Waals surface area contributed by atoms with Crippen molar-refractivity contribution in [1.82, 2.24) is 4.90 Å². The maximum atomic E-state index is 6.19. The molecule has 0 aromatic carbocycles. The highest BCUT2D eigenvalue weighted by Gasteiger charge is 2.20. The zero-order chi connectivity index (χ0) is 12.8. The molecule has 1 rings (SSSR count). The molecular weight excluding hydrogens is 210 g/mol. The lowest BCUT2D eigenvalue weighted by Crippen LogP contribution is -2.33. The molecule has 3 nitrogen and oxygen atoms in total. The first kappa shape index (κ1) is 14.5. The van der Waals surface area contributed by atoms with E-state index in [0.717, 1.165) is 12.4 Å². The van der Waals surface area contributed by atoms with E-state index < -0.39 is 0 Å². The predicted molar refractivity (Wildman–Crippen MR) is 75.4 cm³/mol. The van der Waals surface area contributed by atoms with Crippen molar-refractivity contribution >= 4 is 5.84 Å². The summed E-state index contributed by atoms with van der Waals surface area (Å²) in [5, 5.41) is 0. The van der Waals surface area contributed by atoms with Crippen LogP contribution in [0.5, 0.6) is 0 Å². The number of rotatable bonds is 5. The van der Waals surface area contributed by atoms with Crippen molar-refractivity contribution in [3.63, 3.8) is 0 Å². The van der Waals surface area contributed by atoms with Gasteiger partial charge in [0.05, 0.1) is 11.9 Å². The molecule has 1 unspecified atom stereocenters. The number of hydrogen-bond acceptors (Lipinski definition) is 2. The van der Waals surface area contributed by atoms with Gasteiger partial charge >= 0.3 is 0 Å². The van der Waals surface area contributed by atoms with E-state index in [4.69, 9.17) is 10.7 Å². The van der Waals surface area contributed by atoms with Gasteiger partial charge in [0.15, 0.2) is 0 Å². The van der Waals surface area contributed by atoms with Crippen molar-refractivity contribution in [2.45, 2.75) is 52.0 Å². The Morgan fingerprint density at radius 3 is 2.29 bits per heavy atom. The Bertz CT molecular complexity index is 240. The predicted octanol–water partition coefficient (Wildman–Crippen LogP) is 2.51. The molecule has 3 heteroatoms. The van der Waals surface area contributed by atoms with Crippen LogP contribution in [-0.4, -0.2) is 37.4 Å². The summed E-state index contributed by atoms with van der Waals surface area (Å²) in [5.74, 6) is 2.01. The molecule has 0 aliphatic heterocycles. The number of hydrogen-bond donors (Lipinski definition) is 1. The van der Waals surface area contributed by atoms with Gasteiger partial charge in [-0.1, -0.05) is 33.1 Å². The number of aliphatic imine (C=N–C) groups is 1. The summed E-state index contributed by atoms with van der Waals surface area (Å²) in [6, 6.07) is 0.340. The van der Waals surface area contributed by atoms with Crippen molar-refractivity contribution in [2.75, 3.05) is 20.6 Å². The van der Waals surface area contributed by atoms with Crippen LogP contribution in [0.15, 0.2) is 4.99 Å².